The maximum Gasteiger partial charge on any atom is 0.145 e. The Labute approximate surface area is 104 Å². The standard InChI is InChI=1S/C11H7Cl2N3/c12-10-2-1-8(3-11(10)13)6-16-7-9(4-14)5-15/h1-3,7,16H,6H2. The van der Waals surface area contributed by atoms with Gasteiger partial charge < -0.3 is 5.32 Å². The van der Waals surface area contributed by atoms with Crippen molar-refractivity contribution in [1.82, 2.24) is 5.32 Å². The average Bonchev–Trinajstić information content (AvgIpc) is 2.29. The van der Waals surface area contributed by atoms with Gasteiger partial charge in [-0.3, -0.25) is 0 Å². The molecule has 1 N–H and O–H groups in total. The molecule has 3 nitrogen and oxygen atoms in total. The molecule has 0 unspecified atom stereocenters. The van der Waals surface area contributed by atoms with Crippen LogP contribution in [0.1, 0.15) is 5.56 Å². The Hall–Kier alpha value is -1.68. The van der Waals surface area contributed by atoms with Gasteiger partial charge in [-0.15, -0.1) is 0 Å². The van der Waals surface area contributed by atoms with Crippen LogP contribution in [-0.2, 0) is 6.54 Å². The SMILES string of the molecule is N#CC(C#N)=CNCc1ccc(Cl)c(Cl)c1. The second kappa shape index (κ2) is 6.02. The Balaban J connectivity index is 2.63. The summed E-state index contributed by atoms with van der Waals surface area (Å²) in [6.07, 6.45) is 1.36. The zero-order valence-corrected chi connectivity index (χ0v) is 9.68. The predicted molar refractivity (Wildman–Crippen MR) is 62.6 cm³/mol. The monoisotopic (exact) mass is 251 g/mol. The minimum atomic E-state index is 0.0278. The highest BCUT2D eigenvalue weighted by atomic mass is 35.5. The molecule has 80 valence electrons. The summed E-state index contributed by atoms with van der Waals surface area (Å²) < 4.78 is 0. The fourth-order valence-electron chi connectivity index (χ4n) is 1.01. The lowest BCUT2D eigenvalue weighted by molar-refractivity contribution is 0.867. The van der Waals surface area contributed by atoms with E-state index in [2.05, 4.69) is 5.32 Å². The number of rotatable bonds is 3. The summed E-state index contributed by atoms with van der Waals surface area (Å²) in [6, 6.07) is 8.73. The fraction of sp³-hybridized carbons (Fsp3) is 0.0909. The van der Waals surface area contributed by atoms with Crippen molar-refractivity contribution >= 4 is 23.2 Å². The number of allylic oxidation sites excluding steroid dienone is 1. The molecule has 0 aliphatic rings. The summed E-state index contributed by atoms with van der Waals surface area (Å²) in [4.78, 5) is 0. The van der Waals surface area contributed by atoms with Crippen LogP contribution in [-0.4, -0.2) is 0 Å². The summed E-state index contributed by atoms with van der Waals surface area (Å²) in [7, 11) is 0. The summed E-state index contributed by atoms with van der Waals surface area (Å²) in [5.41, 5.74) is 0.945. The molecule has 1 aromatic carbocycles. The van der Waals surface area contributed by atoms with Crippen molar-refractivity contribution in [2.45, 2.75) is 6.54 Å². The van der Waals surface area contributed by atoms with Gasteiger partial charge in [0.15, 0.2) is 0 Å². The normalized spacial score (nSPS) is 8.75. The molecule has 16 heavy (non-hydrogen) atoms. The Kier molecular flexibility index (Phi) is 4.66. The molecule has 1 aromatic rings. The third-order valence-corrected chi connectivity index (χ3v) is 2.52. The second-order valence-corrected chi connectivity index (χ2v) is 3.73. The van der Waals surface area contributed by atoms with Gasteiger partial charge in [0.2, 0.25) is 0 Å². The van der Waals surface area contributed by atoms with Crippen LogP contribution >= 0.6 is 23.2 Å². The number of nitrogens with zero attached hydrogens (tertiary/aromatic N) is 2. The van der Waals surface area contributed by atoms with Gasteiger partial charge in [0.05, 0.1) is 10.0 Å². The highest BCUT2D eigenvalue weighted by Crippen LogP contribution is 2.22. The summed E-state index contributed by atoms with van der Waals surface area (Å²) in [5.74, 6) is 0. The van der Waals surface area contributed by atoms with E-state index in [1.165, 1.54) is 6.20 Å². The number of hydrogen-bond acceptors (Lipinski definition) is 3. The van der Waals surface area contributed by atoms with Crippen molar-refractivity contribution in [1.29, 1.82) is 10.5 Å². The number of nitriles is 2. The molecule has 0 bridgehead atoms. The largest absolute Gasteiger partial charge is 0.385 e. The molecule has 0 amide bonds. The molecule has 0 aliphatic carbocycles. The highest BCUT2D eigenvalue weighted by Gasteiger charge is 1.98. The van der Waals surface area contributed by atoms with Crippen molar-refractivity contribution in [3.63, 3.8) is 0 Å². The molecule has 1 rings (SSSR count). The van der Waals surface area contributed by atoms with Gasteiger partial charge >= 0.3 is 0 Å². The first-order valence-corrected chi connectivity index (χ1v) is 5.10. The molecule has 0 heterocycles. The maximum absolute atomic E-state index is 8.48. The molecule has 0 aliphatic heterocycles. The van der Waals surface area contributed by atoms with E-state index in [1.54, 1.807) is 24.3 Å². The fourth-order valence-corrected chi connectivity index (χ4v) is 1.33. The van der Waals surface area contributed by atoms with E-state index < -0.39 is 0 Å². The first-order valence-electron chi connectivity index (χ1n) is 4.35. The lowest BCUT2D eigenvalue weighted by Crippen LogP contribution is -2.05. The second-order valence-electron chi connectivity index (χ2n) is 2.91. The average molecular weight is 252 g/mol. The van der Waals surface area contributed by atoms with Crippen molar-refractivity contribution in [2.75, 3.05) is 0 Å². The van der Waals surface area contributed by atoms with Gasteiger partial charge in [0.25, 0.3) is 0 Å². The molecule has 0 aromatic heterocycles. The van der Waals surface area contributed by atoms with Crippen molar-refractivity contribution < 1.29 is 0 Å². The number of halogens is 2. The van der Waals surface area contributed by atoms with Crippen LogP contribution in [0, 0.1) is 22.7 Å². The third kappa shape index (κ3) is 3.47. The van der Waals surface area contributed by atoms with Crippen LogP contribution in [0.4, 0.5) is 0 Å². The van der Waals surface area contributed by atoms with Gasteiger partial charge in [-0.25, -0.2) is 0 Å². The third-order valence-electron chi connectivity index (χ3n) is 1.78. The quantitative estimate of drug-likeness (QED) is 0.841. The number of benzene rings is 1. The van der Waals surface area contributed by atoms with Gasteiger partial charge in [-0.1, -0.05) is 29.3 Å². The van der Waals surface area contributed by atoms with Gasteiger partial charge in [-0.05, 0) is 17.7 Å². The lowest BCUT2D eigenvalue weighted by Gasteiger charge is -2.02. The topological polar surface area (TPSA) is 59.6 Å². The van der Waals surface area contributed by atoms with Crippen LogP contribution in [0.5, 0.6) is 0 Å². The Morgan fingerprint density at radius 2 is 1.94 bits per heavy atom. The zero-order valence-electron chi connectivity index (χ0n) is 8.17. The van der Waals surface area contributed by atoms with Crippen LogP contribution in [0.25, 0.3) is 0 Å². The highest BCUT2D eigenvalue weighted by molar-refractivity contribution is 6.42. The van der Waals surface area contributed by atoms with Gasteiger partial charge in [-0.2, -0.15) is 10.5 Å². The van der Waals surface area contributed by atoms with Gasteiger partial charge in [0.1, 0.15) is 17.7 Å². The van der Waals surface area contributed by atoms with E-state index in [0.717, 1.165) is 5.56 Å². The molecule has 0 fully saturated rings. The summed E-state index contributed by atoms with van der Waals surface area (Å²) in [5, 5.41) is 20.8. The molecule has 0 saturated carbocycles. The van der Waals surface area contributed by atoms with Crippen molar-refractivity contribution in [3.8, 4) is 12.1 Å². The maximum atomic E-state index is 8.48. The zero-order chi connectivity index (χ0) is 12.0. The minimum absolute atomic E-state index is 0.0278. The smallest absolute Gasteiger partial charge is 0.145 e. The minimum Gasteiger partial charge on any atom is -0.385 e. The number of nitrogens with one attached hydrogen (secondary N) is 1. The first kappa shape index (κ1) is 12.4. The molecule has 0 radical (unpaired) electrons. The van der Waals surface area contributed by atoms with Crippen LogP contribution < -0.4 is 5.32 Å². The molecule has 0 atom stereocenters. The molecular weight excluding hydrogens is 245 g/mol. The van der Waals surface area contributed by atoms with E-state index in [4.69, 9.17) is 33.7 Å². The van der Waals surface area contributed by atoms with Crippen LogP contribution in [0.15, 0.2) is 30.0 Å². The van der Waals surface area contributed by atoms with E-state index >= 15 is 0 Å². The first-order chi connectivity index (χ1) is 7.67. The molecular formula is C11H7Cl2N3. The van der Waals surface area contributed by atoms with Gasteiger partial charge in [0, 0.05) is 12.7 Å². The molecule has 0 saturated heterocycles. The predicted octanol–water partition coefficient (Wildman–Crippen LogP) is 3.01. The molecule has 0 spiro atoms. The van der Waals surface area contributed by atoms with Crippen molar-refractivity contribution in [2.24, 2.45) is 0 Å². The van der Waals surface area contributed by atoms with Crippen LogP contribution in [0.3, 0.4) is 0 Å². The van der Waals surface area contributed by atoms with Crippen LogP contribution in [0.2, 0.25) is 10.0 Å². The van der Waals surface area contributed by atoms with E-state index in [0.29, 0.717) is 16.6 Å². The molecule has 5 heteroatoms. The number of hydrogen-bond donors (Lipinski definition) is 1. The Morgan fingerprint density at radius 1 is 1.25 bits per heavy atom. The van der Waals surface area contributed by atoms with E-state index in [9.17, 15) is 0 Å². The Morgan fingerprint density at radius 3 is 2.50 bits per heavy atom. The van der Waals surface area contributed by atoms with E-state index in [-0.39, 0.29) is 5.57 Å². The summed E-state index contributed by atoms with van der Waals surface area (Å²) >= 11 is 11.6. The Bertz CT molecular complexity index is 479. The lowest BCUT2D eigenvalue weighted by atomic mass is 10.2. The van der Waals surface area contributed by atoms with E-state index in [1.807, 2.05) is 6.07 Å². The van der Waals surface area contributed by atoms with Crippen molar-refractivity contribution in [3.05, 3.63) is 45.6 Å². The summed E-state index contributed by atoms with van der Waals surface area (Å²) in [6.45, 7) is 0.476.